The van der Waals surface area contributed by atoms with E-state index in [2.05, 4.69) is 16.6 Å². The summed E-state index contributed by atoms with van der Waals surface area (Å²) in [6, 6.07) is 10.6. The van der Waals surface area contributed by atoms with Crippen LogP contribution in [-0.2, 0) is 19.3 Å². The van der Waals surface area contributed by atoms with Crippen LogP contribution in [0.4, 0.5) is 26.3 Å². The van der Waals surface area contributed by atoms with Gasteiger partial charge in [-0.2, -0.15) is 0 Å². The number of benzene rings is 3. The summed E-state index contributed by atoms with van der Waals surface area (Å²) < 4.78 is 84.4. The van der Waals surface area contributed by atoms with Crippen LogP contribution in [-0.4, -0.2) is 6.36 Å². The Morgan fingerprint density at radius 1 is 0.882 bits per heavy atom. The second kappa shape index (κ2) is 9.46. The van der Waals surface area contributed by atoms with Gasteiger partial charge in [0.15, 0.2) is 0 Å². The maximum atomic E-state index is 14.7. The normalized spacial score (nSPS) is 15.3. The Balaban J connectivity index is 1.53. The third-order valence-corrected chi connectivity index (χ3v) is 5.90. The van der Waals surface area contributed by atoms with Gasteiger partial charge in [-0.3, -0.25) is 0 Å². The van der Waals surface area contributed by atoms with Crippen molar-refractivity contribution in [2.24, 2.45) is 0 Å². The van der Waals surface area contributed by atoms with E-state index in [1.165, 1.54) is 30.3 Å². The molecule has 3 aromatic carbocycles. The number of fused-ring (bicyclic) bond motifs is 1. The van der Waals surface area contributed by atoms with E-state index in [1.54, 1.807) is 6.07 Å². The monoisotopic (exact) mass is 474 g/mol. The largest absolute Gasteiger partial charge is 0.573 e. The van der Waals surface area contributed by atoms with Crippen LogP contribution < -0.4 is 4.74 Å². The smallest absolute Gasteiger partial charge is 0.406 e. The second-order valence-electron chi connectivity index (χ2n) is 8.19. The van der Waals surface area contributed by atoms with Crippen molar-refractivity contribution in [1.82, 2.24) is 0 Å². The van der Waals surface area contributed by atoms with Crippen molar-refractivity contribution < 1.29 is 31.1 Å². The van der Waals surface area contributed by atoms with Gasteiger partial charge in [0.2, 0.25) is 0 Å². The molecule has 0 aliphatic heterocycles. The molecule has 0 amide bonds. The summed E-state index contributed by atoms with van der Waals surface area (Å²) in [4.78, 5) is 0. The molecule has 0 bridgehead atoms. The molecule has 3 aromatic rings. The summed E-state index contributed by atoms with van der Waals surface area (Å²) >= 11 is 0. The van der Waals surface area contributed by atoms with Crippen molar-refractivity contribution in [3.63, 3.8) is 0 Å². The molecule has 4 rings (SSSR count). The molecule has 0 saturated heterocycles. The van der Waals surface area contributed by atoms with E-state index in [9.17, 15) is 26.3 Å². The van der Waals surface area contributed by atoms with E-state index >= 15 is 0 Å². The van der Waals surface area contributed by atoms with E-state index < -0.39 is 23.8 Å². The van der Waals surface area contributed by atoms with Gasteiger partial charge in [-0.15, -0.1) is 13.2 Å². The highest BCUT2D eigenvalue weighted by Gasteiger charge is 2.31. The molecule has 34 heavy (non-hydrogen) atoms. The lowest BCUT2D eigenvalue weighted by atomic mass is 9.79. The van der Waals surface area contributed by atoms with Crippen LogP contribution in [0.2, 0.25) is 0 Å². The molecular formula is C27H20F6O. The van der Waals surface area contributed by atoms with Gasteiger partial charge in [-0.25, -0.2) is 13.2 Å². The zero-order valence-electron chi connectivity index (χ0n) is 18.2. The third kappa shape index (κ3) is 5.39. The van der Waals surface area contributed by atoms with E-state index in [0.717, 1.165) is 17.7 Å². The molecule has 7 heteroatoms. The van der Waals surface area contributed by atoms with Gasteiger partial charge >= 0.3 is 6.36 Å². The SMILES string of the molecule is CCc1cc(F)c(C2CCc3cc(C#Cc4ccc(OC(F)(F)F)cc4)c(F)cc3C2)c(F)c1. The highest BCUT2D eigenvalue weighted by Crippen LogP contribution is 2.36. The predicted octanol–water partition coefficient (Wildman–Crippen LogP) is 7.24. The first-order valence-electron chi connectivity index (χ1n) is 10.8. The van der Waals surface area contributed by atoms with Crippen molar-refractivity contribution >= 4 is 0 Å². The molecule has 0 heterocycles. The van der Waals surface area contributed by atoms with Crippen molar-refractivity contribution in [3.8, 4) is 17.6 Å². The van der Waals surface area contributed by atoms with E-state index in [0.29, 0.717) is 42.4 Å². The fourth-order valence-corrected chi connectivity index (χ4v) is 4.23. The maximum absolute atomic E-state index is 14.7. The number of alkyl halides is 3. The van der Waals surface area contributed by atoms with Gasteiger partial charge < -0.3 is 4.74 Å². The minimum atomic E-state index is -4.78. The molecule has 0 saturated carbocycles. The van der Waals surface area contributed by atoms with Crippen LogP contribution in [0.1, 0.15) is 52.6 Å². The Morgan fingerprint density at radius 3 is 2.18 bits per heavy atom. The van der Waals surface area contributed by atoms with Crippen molar-refractivity contribution in [2.75, 3.05) is 0 Å². The number of rotatable bonds is 3. The number of hydrogen-bond donors (Lipinski definition) is 0. The molecule has 0 radical (unpaired) electrons. The topological polar surface area (TPSA) is 9.23 Å². The second-order valence-corrected chi connectivity index (χ2v) is 8.19. The highest BCUT2D eigenvalue weighted by atomic mass is 19.4. The minimum absolute atomic E-state index is 0.0464. The van der Waals surface area contributed by atoms with Gasteiger partial charge in [-0.05, 0) is 96.8 Å². The Morgan fingerprint density at radius 2 is 1.56 bits per heavy atom. The Kier molecular flexibility index (Phi) is 6.60. The molecule has 1 aliphatic rings. The van der Waals surface area contributed by atoms with E-state index in [-0.39, 0.29) is 22.8 Å². The molecule has 176 valence electrons. The van der Waals surface area contributed by atoms with Gasteiger partial charge in [0.25, 0.3) is 0 Å². The van der Waals surface area contributed by atoms with Gasteiger partial charge in [0, 0.05) is 11.1 Å². The van der Waals surface area contributed by atoms with Gasteiger partial charge in [-0.1, -0.05) is 18.8 Å². The molecular weight excluding hydrogens is 454 g/mol. The first kappa shape index (κ1) is 23.7. The van der Waals surface area contributed by atoms with Crippen LogP contribution in [0.5, 0.6) is 5.75 Å². The minimum Gasteiger partial charge on any atom is -0.406 e. The average Bonchev–Trinajstić information content (AvgIpc) is 2.77. The van der Waals surface area contributed by atoms with E-state index in [4.69, 9.17) is 0 Å². The van der Waals surface area contributed by atoms with Crippen molar-refractivity contribution in [3.05, 3.63) is 99.4 Å². The standard InChI is InChI=1S/C27H20F6O/c1-2-16-11-24(29)26(25(30)12-16)20-8-7-18-13-19(23(28)15-21(18)14-20)6-3-17-4-9-22(10-5-17)34-27(31,32)33/h4-5,9-13,15,20H,2,7-8,14H2,1H3. The lowest BCUT2D eigenvalue weighted by molar-refractivity contribution is -0.274. The number of hydrogen-bond acceptors (Lipinski definition) is 1. The summed E-state index contributed by atoms with van der Waals surface area (Å²) in [7, 11) is 0. The zero-order valence-corrected chi connectivity index (χ0v) is 18.2. The summed E-state index contributed by atoms with van der Waals surface area (Å²) in [5.74, 6) is 2.99. The Hall–Kier alpha value is -3.40. The van der Waals surface area contributed by atoms with Crippen molar-refractivity contribution in [2.45, 2.75) is 44.9 Å². The maximum Gasteiger partial charge on any atom is 0.573 e. The predicted molar refractivity (Wildman–Crippen MR) is 116 cm³/mol. The van der Waals surface area contributed by atoms with Crippen LogP contribution in [0.15, 0.2) is 48.5 Å². The first-order valence-corrected chi connectivity index (χ1v) is 10.8. The lowest BCUT2D eigenvalue weighted by Gasteiger charge is -2.26. The summed E-state index contributed by atoms with van der Waals surface area (Å²) in [5, 5.41) is 0. The Bertz CT molecular complexity index is 1240. The molecule has 1 atom stereocenters. The highest BCUT2D eigenvalue weighted by molar-refractivity contribution is 5.48. The number of ether oxygens (including phenoxy) is 1. The third-order valence-electron chi connectivity index (χ3n) is 5.90. The molecule has 1 aliphatic carbocycles. The molecule has 0 spiro atoms. The fourth-order valence-electron chi connectivity index (χ4n) is 4.23. The summed E-state index contributed by atoms with van der Waals surface area (Å²) in [5.41, 5.74) is 2.73. The lowest BCUT2D eigenvalue weighted by Crippen LogP contribution is -2.16. The van der Waals surface area contributed by atoms with Gasteiger partial charge in [0.1, 0.15) is 23.2 Å². The fraction of sp³-hybridized carbons (Fsp3) is 0.259. The van der Waals surface area contributed by atoms with Crippen LogP contribution in [0, 0.1) is 29.3 Å². The average molecular weight is 474 g/mol. The molecule has 1 nitrogen and oxygen atoms in total. The quantitative estimate of drug-likeness (QED) is 0.287. The summed E-state index contributed by atoms with van der Waals surface area (Å²) in [6.07, 6.45) is -2.89. The van der Waals surface area contributed by atoms with Crippen LogP contribution in [0.25, 0.3) is 0 Å². The van der Waals surface area contributed by atoms with Crippen LogP contribution >= 0.6 is 0 Å². The summed E-state index contributed by atoms with van der Waals surface area (Å²) in [6.45, 7) is 1.82. The van der Waals surface area contributed by atoms with E-state index in [1.807, 2.05) is 6.92 Å². The first-order chi connectivity index (χ1) is 16.1. The number of halogens is 6. The molecule has 0 fully saturated rings. The van der Waals surface area contributed by atoms with Crippen molar-refractivity contribution in [1.29, 1.82) is 0 Å². The van der Waals surface area contributed by atoms with Gasteiger partial charge in [0.05, 0.1) is 5.56 Å². The molecule has 0 aromatic heterocycles. The van der Waals surface area contributed by atoms with Crippen LogP contribution in [0.3, 0.4) is 0 Å². The number of aryl methyl sites for hydroxylation is 2. The Labute approximate surface area is 193 Å². The molecule has 1 unspecified atom stereocenters. The zero-order chi connectivity index (χ0) is 24.5. The molecule has 0 N–H and O–H groups in total.